The molecule has 0 saturated carbocycles. The summed E-state index contributed by atoms with van der Waals surface area (Å²) in [5.74, 6) is 0.188. The van der Waals surface area contributed by atoms with Crippen molar-refractivity contribution in [2.45, 2.75) is 13.3 Å². The second-order valence-electron chi connectivity index (χ2n) is 5.72. The normalized spacial score (nSPS) is 17.6. The maximum atomic E-state index is 12.2. The summed E-state index contributed by atoms with van der Waals surface area (Å²) in [4.78, 5) is 25.9. The minimum atomic E-state index is -0.267. The van der Waals surface area contributed by atoms with E-state index in [0.29, 0.717) is 24.2 Å². The fourth-order valence-corrected chi connectivity index (χ4v) is 2.96. The molecule has 23 heavy (non-hydrogen) atoms. The number of nitrogens with zero attached hydrogens (tertiary/aromatic N) is 1. The maximum Gasteiger partial charge on any atom is 0.287 e. The molecule has 1 aromatic heterocycles. The lowest BCUT2D eigenvalue weighted by Gasteiger charge is -2.17. The van der Waals surface area contributed by atoms with Gasteiger partial charge in [-0.3, -0.25) is 9.59 Å². The lowest BCUT2D eigenvalue weighted by molar-refractivity contribution is -0.117. The standard InChI is InChI=1S/C17H17BrN2O3/c1-11-2-4-13(5-3-11)20-10-12(8-16(20)21)9-19-17(22)14-6-7-15(18)23-14/h2-7,12H,8-10H2,1H3,(H,19,22). The molecular formula is C17H17BrN2O3. The third kappa shape index (κ3) is 3.64. The molecule has 2 heterocycles. The van der Waals surface area contributed by atoms with Crippen molar-refractivity contribution in [3.8, 4) is 0 Å². The molecule has 0 spiro atoms. The topological polar surface area (TPSA) is 62.6 Å². The van der Waals surface area contributed by atoms with Crippen LogP contribution in [0.15, 0.2) is 45.5 Å². The Hall–Kier alpha value is -2.08. The zero-order valence-electron chi connectivity index (χ0n) is 12.7. The molecule has 2 aromatic rings. The maximum absolute atomic E-state index is 12.2. The van der Waals surface area contributed by atoms with Gasteiger partial charge in [-0.2, -0.15) is 0 Å². The predicted octanol–water partition coefficient (Wildman–Crippen LogP) is 3.13. The van der Waals surface area contributed by atoms with Crippen LogP contribution in [-0.4, -0.2) is 24.9 Å². The van der Waals surface area contributed by atoms with Crippen molar-refractivity contribution in [1.82, 2.24) is 5.32 Å². The van der Waals surface area contributed by atoms with Gasteiger partial charge in [-0.25, -0.2) is 0 Å². The van der Waals surface area contributed by atoms with E-state index in [1.165, 1.54) is 0 Å². The van der Waals surface area contributed by atoms with Gasteiger partial charge in [0.1, 0.15) is 0 Å². The van der Waals surface area contributed by atoms with Gasteiger partial charge in [0.05, 0.1) is 0 Å². The molecule has 0 bridgehead atoms. The van der Waals surface area contributed by atoms with E-state index in [1.54, 1.807) is 17.0 Å². The first-order valence-corrected chi connectivity index (χ1v) is 8.23. The third-order valence-electron chi connectivity index (χ3n) is 3.90. The molecule has 1 atom stereocenters. The molecule has 1 aliphatic heterocycles. The van der Waals surface area contributed by atoms with Crippen molar-refractivity contribution in [3.63, 3.8) is 0 Å². The van der Waals surface area contributed by atoms with Crippen molar-refractivity contribution in [2.24, 2.45) is 5.92 Å². The number of hydrogen-bond acceptors (Lipinski definition) is 3. The van der Waals surface area contributed by atoms with E-state index in [4.69, 9.17) is 4.42 Å². The zero-order chi connectivity index (χ0) is 16.4. The van der Waals surface area contributed by atoms with Crippen LogP contribution >= 0.6 is 15.9 Å². The molecule has 0 radical (unpaired) electrons. The molecule has 1 saturated heterocycles. The Kier molecular flexibility index (Phi) is 4.52. The number of anilines is 1. The van der Waals surface area contributed by atoms with Crippen molar-refractivity contribution in [1.29, 1.82) is 0 Å². The molecule has 1 fully saturated rings. The minimum Gasteiger partial charge on any atom is -0.444 e. The number of carbonyl (C=O) groups excluding carboxylic acids is 2. The van der Waals surface area contributed by atoms with E-state index in [2.05, 4.69) is 21.2 Å². The van der Waals surface area contributed by atoms with E-state index >= 15 is 0 Å². The number of nitrogens with one attached hydrogen (secondary N) is 1. The summed E-state index contributed by atoms with van der Waals surface area (Å²) in [6.07, 6.45) is 0.440. The van der Waals surface area contributed by atoms with Crippen molar-refractivity contribution < 1.29 is 14.0 Å². The van der Waals surface area contributed by atoms with Gasteiger partial charge in [0.2, 0.25) is 5.91 Å². The quantitative estimate of drug-likeness (QED) is 0.891. The summed E-state index contributed by atoms with van der Waals surface area (Å²) in [6.45, 7) is 3.08. The SMILES string of the molecule is Cc1ccc(N2CC(CNC(=O)c3ccc(Br)o3)CC2=O)cc1. The molecule has 5 nitrogen and oxygen atoms in total. The first-order chi connectivity index (χ1) is 11.0. The molecule has 3 rings (SSSR count). The molecule has 0 aliphatic carbocycles. The van der Waals surface area contributed by atoms with Crippen LogP contribution in [0, 0.1) is 12.8 Å². The number of rotatable bonds is 4. The van der Waals surface area contributed by atoms with Gasteiger partial charge in [0, 0.05) is 31.1 Å². The highest BCUT2D eigenvalue weighted by Gasteiger charge is 2.30. The fourth-order valence-electron chi connectivity index (χ4n) is 2.65. The Morgan fingerprint density at radius 3 is 2.70 bits per heavy atom. The molecule has 2 amide bonds. The fraction of sp³-hybridized carbons (Fsp3) is 0.294. The summed E-state index contributed by atoms with van der Waals surface area (Å²) in [7, 11) is 0. The molecule has 1 aromatic carbocycles. The monoisotopic (exact) mass is 376 g/mol. The number of benzene rings is 1. The van der Waals surface area contributed by atoms with E-state index in [9.17, 15) is 9.59 Å². The van der Waals surface area contributed by atoms with Crippen LogP contribution in [0.2, 0.25) is 0 Å². The Morgan fingerprint density at radius 2 is 2.04 bits per heavy atom. The van der Waals surface area contributed by atoms with Crippen LogP contribution < -0.4 is 10.2 Å². The summed E-state index contributed by atoms with van der Waals surface area (Å²) < 4.78 is 5.73. The first-order valence-electron chi connectivity index (χ1n) is 7.43. The molecule has 1 unspecified atom stereocenters. The molecule has 1 aliphatic rings. The third-order valence-corrected chi connectivity index (χ3v) is 4.33. The lowest BCUT2D eigenvalue weighted by Crippen LogP contribution is -2.31. The van der Waals surface area contributed by atoms with Crippen LogP contribution in [0.3, 0.4) is 0 Å². The highest BCUT2D eigenvalue weighted by atomic mass is 79.9. The summed E-state index contributed by atoms with van der Waals surface area (Å²) in [5.41, 5.74) is 2.07. The Morgan fingerprint density at radius 1 is 1.30 bits per heavy atom. The van der Waals surface area contributed by atoms with Crippen LogP contribution in [0.5, 0.6) is 0 Å². The van der Waals surface area contributed by atoms with Gasteiger partial charge in [-0.1, -0.05) is 17.7 Å². The van der Waals surface area contributed by atoms with Gasteiger partial charge in [-0.15, -0.1) is 0 Å². The van der Waals surface area contributed by atoms with Crippen LogP contribution in [0.25, 0.3) is 0 Å². The number of amides is 2. The molecular weight excluding hydrogens is 360 g/mol. The van der Waals surface area contributed by atoms with Gasteiger partial charge in [-0.05, 0) is 47.1 Å². The van der Waals surface area contributed by atoms with Crippen LogP contribution in [-0.2, 0) is 4.79 Å². The highest BCUT2D eigenvalue weighted by Crippen LogP contribution is 2.25. The average molecular weight is 377 g/mol. The summed E-state index contributed by atoms with van der Waals surface area (Å²) >= 11 is 3.17. The predicted molar refractivity (Wildman–Crippen MR) is 90.4 cm³/mol. The number of hydrogen-bond donors (Lipinski definition) is 1. The first kappa shape index (κ1) is 15.8. The van der Waals surface area contributed by atoms with E-state index in [1.807, 2.05) is 31.2 Å². The van der Waals surface area contributed by atoms with Crippen molar-refractivity contribution in [2.75, 3.05) is 18.0 Å². The summed E-state index contributed by atoms with van der Waals surface area (Å²) in [5, 5.41) is 2.82. The molecule has 1 N–H and O–H groups in total. The highest BCUT2D eigenvalue weighted by molar-refractivity contribution is 9.10. The smallest absolute Gasteiger partial charge is 0.287 e. The Labute approximate surface area is 142 Å². The average Bonchev–Trinajstić information content (AvgIpc) is 3.12. The number of carbonyl (C=O) groups is 2. The molecule has 120 valence electrons. The van der Waals surface area contributed by atoms with Gasteiger partial charge >= 0.3 is 0 Å². The van der Waals surface area contributed by atoms with Gasteiger partial charge in [0.15, 0.2) is 10.4 Å². The van der Waals surface area contributed by atoms with E-state index in [0.717, 1.165) is 11.3 Å². The number of halogens is 1. The van der Waals surface area contributed by atoms with E-state index in [-0.39, 0.29) is 23.5 Å². The zero-order valence-corrected chi connectivity index (χ0v) is 14.3. The van der Waals surface area contributed by atoms with Gasteiger partial charge in [0.25, 0.3) is 5.91 Å². The largest absolute Gasteiger partial charge is 0.444 e. The van der Waals surface area contributed by atoms with E-state index < -0.39 is 0 Å². The second kappa shape index (κ2) is 6.58. The minimum absolute atomic E-state index is 0.0915. The number of furan rings is 1. The lowest BCUT2D eigenvalue weighted by atomic mass is 10.1. The van der Waals surface area contributed by atoms with Crippen LogP contribution in [0.4, 0.5) is 5.69 Å². The number of aryl methyl sites for hydroxylation is 1. The Bertz CT molecular complexity index is 724. The molecule has 6 heteroatoms. The second-order valence-corrected chi connectivity index (χ2v) is 6.51. The summed E-state index contributed by atoms with van der Waals surface area (Å²) in [6, 6.07) is 11.2. The van der Waals surface area contributed by atoms with Crippen molar-refractivity contribution in [3.05, 3.63) is 52.4 Å². The van der Waals surface area contributed by atoms with Crippen LogP contribution in [0.1, 0.15) is 22.5 Å². The Balaban J connectivity index is 1.57. The van der Waals surface area contributed by atoms with Crippen molar-refractivity contribution >= 4 is 33.4 Å². The van der Waals surface area contributed by atoms with Gasteiger partial charge < -0.3 is 14.6 Å².